The molecule has 1 aromatic rings. The minimum absolute atomic E-state index is 0.712. The number of hydrogen-bond donors (Lipinski definition) is 1. The van der Waals surface area contributed by atoms with Crippen molar-refractivity contribution in [1.82, 2.24) is 4.90 Å². The number of rotatable bonds is 4. The van der Waals surface area contributed by atoms with Gasteiger partial charge in [0.15, 0.2) is 0 Å². The van der Waals surface area contributed by atoms with Crippen LogP contribution in [0.4, 0.5) is 5.69 Å². The van der Waals surface area contributed by atoms with E-state index in [-0.39, 0.29) is 0 Å². The van der Waals surface area contributed by atoms with E-state index in [0.717, 1.165) is 6.54 Å². The average molecular weight is 218 g/mol. The van der Waals surface area contributed by atoms with Crippen LogP contribution in [0.5, 0.6) is 0 Å². The minimum atomic E-state index is 0.712. The monoisotopic (exact) mass is 218 g/mol. The summed E-state index contributed by atoms with van der Waals surface area (Å²) in [5, 5.41) is 3.65. The largest absolute Gasteiger partial charge is 0.382 e. The number of anilines is 1. The van der Waals surface area contributed by atoms with Gasteiger partial charge in [-0.2, -0.15) is 0 Å². The predicted molar refractivity (Wildman–Crippen MR) is 69.8 cm³/mol. The number of hydrogen-bond acceptors (Lipinski definition) is 2. The van der Waals surface area contributed by atoms with Gasteiger partial charge in [-0.25, -0.2) is 0 Å². The quantitative estimate of drug-likeness (QED) is 0.835. The van der Waals surface area contributed by atoms with Gasteiger partial charge in [0.1, 0.15) is 0 Å². The van der Waals surface area contributed by atoms with Gasteiger partial charge in [0.05, 0.1) is 0 Å². The molecule has 1 aromatic carbocycles. The van der Waals surface area contributed by atoms with Crippen LogP contribution in [0.2, 0.25) is 0 Å². The summed E-state index contributed by atoms with van der Waals surface area (Å²) in [4.78, 5) is 2.22. The zero-order valence-corrected chi connectivity index (χ0v) is 10.6. The maximum atomic E-state index is 3.65. The highest BCUT2D eigenvalue weighted by Gasteiger charge is 2.18. The van der Waals surface area contributed by atoms with E-state index in [1.54, 1.807) is 0 Å². The molecule has 1 fully saturated rings. The zero-order chi connectivity index (χ0) is 11.5. The third-order valence-corrected chi connectivity index (χ3v) is 3.21. The summed E-state index contributed by atoms with van der Waals surface area (Å²) >= 11 is 0. The van der Waals surface area contributed by atoms with Gasteiger partial charge < -0.3 is 10.2 Å². The maximum absolute atomic E-state index is 3.65. The molecule has 16 heavy (non-hydrogen) atoms. The Kier molecular flexibility index (Phi) is 3.49. The van der Waals surface area contributed by atoms with Crippen molar-refractivity contribution >= 4 is 5.69 Å². The molecule has 1 N–H and O–H groups in total. The van der Waals surface area contributed by atoms with Crippen LogP contribution in [-0.2, 0) is 6.54 Å². The molecular weight excluding hydrogens is 196 g/mol. The van der Waals surface area contributed by atoms with Crippen LogP contribution in [0.1, 0.15) is 30.4 Å². The molecule has 2 heteroatoms. The molecule has 0 amide bonds. The third kappa shape index (κ3) is 2.76. The van der Waals surface area contributed by atoms with E-state index in [4.69, 9.17) is 0 Å². The first-order valence-corrected chi connectivity index (χ1v) is 6.16. The normalized spacial score (nSPS) is 16.2. The molecule has 2 nitrogen and oxygen atoms in total. The van der Waals surface area contributed by atoms with E-state index in [9.17, 15) is 0 Å². The SMILES string of the molecule is Cc1ccc(NC2CCC2)c(CN(C)C)c1. The van der Waals surface area contributed by atoms with Crippen LogP contribution >= 0.6 is 0 Å². The van der Waals surface area contributed by atoms with Crippen LogP contribution < -0.4 is 5.32 Å². The fourth-order valence-corrected chi connectivity index (χ4v) is 2.11. The summed E-state index contributed by atoms with van der Waals surface area (Å²) in [6.45, 7) is 3.17. The molecule has 0 spiro atoms. The summed E-state index contributed by atoms with van der Waals surface area (Å²) in [5.41, 5.74) is 4.08. The Balaban J connectivity index is 2.13. The molecule has 0 unspecified atom stereocenters. The molecule has 0 bridgehead atoms. The Hall–Kier alpha value is -1.02. The van der Waals surface area contributed by atoms with Crippen molar-refractivity contribution in [2.24, 2.45) is 0 Å². The summed E-state index contributed by atoms with van der Waals surface area (Å²) < 4.78 is 0. The van der Waals surface area contributed by atoms with Gasteiger partial charge in [-0.1, -0.05) is 17.7 Å². The average Bonchev–Trinajstić information content (AvgIpc) is 2.12. The van der Waals surface area contributed by atoms with E-state index < -0.39 is 0 Å². The molecule has 0 radical (unpaired) electrons. The highest BCUT2D eigenvalue weighted by Crippen LogP contribution is 2.26. The molecular formula is C14H22N2. The standard InChI is InChI=1S/C14H22N2/c1-11-7-8-14(15-13-5-4-6-13)12(9-11)10-16(2)3/h7-9,13,15H,4-6,10H2,1-3H3. The van der Waals surface area contributed by atoms with Crippen molar-refractivity contribution in [3.8, 4) is 0 Å². The highest BCUT2D eigenvalue weighted by molar-refractivity contribution is 5.53. The summed E-state index contributed by atoms with van der Waals surface area (Å²) in [6.07, 6.45) is 4.04. The Morgan fingerprint density at radius 2 is 2.06 bits per heavy atom. The number of benzene rings is 1. The Labute approximate surface area is 98.7 Å². The summed E-state index contributed by atoms with van der Waals surface area (Å²) in [7, 11) is 4.24. The van der Waals surface area contributed by atoms with E-state index in [1.165, 1.54) is 36.1 Å². The van der Waals surface area contributed by atoms with Gasteiger partial charge >= 0.3 is 0 Å². The number of nitrogens with one attached hydrogen (secondary N) is 1. The van der Waals surface area contributed by atoms with Gasteiger partial charge in [0.2, 0.25) is 0 Å². The maximum Gasteiger partial charge on any atom is 0.0388 e. The Morgan fingerprint density at radius 1 is 1.31 bits per heavy atom. The number of aryl methyl sites for hydroxylation is 1. The molecule has 1 aliphatic carbocycles. The first kappa shape index (κ1) is 11.5. The molecule has 2 rings (SSSR count). The van der Waals surface area contributed by atoms with Crippen LogP contribution in [0.15, 0.2) is 18.2 Å². The topological polar surface area (TPSA) is 15.3 Å². The molecule has 0 atom stereocenters. The van der Waals surface area contributed by atoms with Crippen LogP contribution in [0.3, 0.4) is 0 Å². The van der Waals surface area contributed by atoms with Gasteiger partial charge in [0.25, 0.3) is 0 Å². The first-order valence-electron chi connectivity index (χ1n) is 6.16. The Morgan fingerprint density at radius 3 is 2.62 bits per heavy atom. The van der Waals surface area contributed by atoms with Crippen molar-refractivity contribution in [2.45, 2.75) is 38.8 Å². The zero-order valence-electron chi connectivity index (χ0n) is 10.6. The molecule has 1 aliphatic rings. The van der Waals surface area contributed by atoms with E-state index >= 15 is 0 Å². The fourth-order valence-electron chi connectivity index (χ4n) is 2.11. The van der Waals surface area contributed by atoms with E-state index in [2.05, 4.69) is 49.4 Å². The molecule has 0 aliphatic heterocycles. The van der Waals surface area contributed by atoms with Crippen molar-refractivity contribution in [3.05, 3.63) is 29.3 Å². The third-order valence-electron chi connectivity index (χ3n) is 3.21. The van der Waals surface area contributed by atoms with E-state index in [1.807, 2.05) is 0 Å². The lowest BCUT2D eigenvalue weighted by Crippen LogP contribution is -2.28. The van der Waals surface area contributed by atoms with Crippen LogP contribution in [0.25, 0.3) is 0 Å². The van der Waals surface area contributed by atoms with Crippen LogP contribution in [0, 0.1) is 6.92 Å². The van der Waals surface area contributed by atoms with Crippen molar-refractivity contribution in [2.75, 3.05) is 19.4 Å². The highest BCUT2D eigenvalue weighted by atomic mass is 15.1. The van der Waals surface area contributed by atoms with Crippen molar-refractivity contribution in [3.63, 3.8) is 0 Å². The smallest absolute Gasteiger partial charge is 0.0388 e. The van der Waals surface area contributed by atoms with E-state index in [0.29, 0.717) is 6.04 Å². The van der Waals surface area contributed by atoms with Crippen LogP contribution in [-0.4, -0.2) is 25.0 Å². The molecule has 0 heterocycles. The van der Waals surface area contributed by atoms with Gasteiger partial charge in [-0.3, -0.25) is 0 Å². The summed E-state index contributed by atoms with van der Waals surface area (Å²) in [6, 6.07) is 7.43. The Bertz CT molecular complexity index is 354. The van der Waals surface area contributed by atoms with Gasteiger partial charge in [0, 0.05) is 18.3 Å². The first-order chi connectivity index (χ1) is 7.65. The lowest BCUT2D eigenvalue weighted by atomic mass is 9.92. The van der Waals surface area contributed by atoms with Crippen molar-refractivity contribution < 1.29 is 0 Å². The fraction of sp³-hybridized carbons (Fsp3) is 0.571. The predicted octanol–water partition coefficient (Wildman–Crippen LogP) is 3.02. The molecule has 0 saturated heterocycles. The lowest BCUT2D eigenvalue weighted by Gasteiger charge is -2.29. The second-order valence-electron chi connectivity index (χ2n) is 5.17. The lowest BCUT2D eigenvalue weighted by molar-refractivity contribution is 0.401. The summed E-state index contributed by atoms with van der Waals surface area (Å²) in [5.74, 6) is 0. The molecule has 88 valence electrons. The second kappa shape index (κ2) is 4.88. The number of nitrogens with zero attached hydrogens (tertiary/aromatic N) is 1. The van der Waals surface area contributed by atoms with Gasteiger partial charge in [-0.05, 0) is 51.9 Å². The second-order valence-corrected chi connectivity index (χ2v) is 5.17. The minimum Gasteiger partial charge on any atom is -0.382 e. The molecule has 1 saturated carbocycles. The van der Waals surface area contributed by atoms with Crippen molar-refractivity contribution in [1.29, 1.82) is 0 Å². The van der Waals surface area contributed by atoms with Gasteiger partial charge in [-0.15, -0.1) is 0 Å². The molecule has 0 aromatic heterocycles.